The highest BCUT2D eigenvalue weighted by atomic mass is 19.4. The first-order valence-corrected chi connectivity index (χ1v) is 10.5. The van der Waals surface area contributed by atoms with Crippen molar-refractivity contribution in [3.05, 3.63) is 92.4 Å². The lowest BCUT2D eigenvalue weighted by Gasteiger charge is -2.16. The number of H-pyrrole nitrogens is 1. The Bertz CT molecular complexity index is 1490. The number of hydrogen-bond acceptors (Lipinski definition) is 6. The Morgan fingerprint density at radius 2 is 1.86 bits per heavy atom. The van der Waals surface area contributed by atoms with Gasteiger partial charge in [-0.15, -0.1) is 0 Å². The number of nitrogens with one attached hydrogen (secondary N) is 1. The summed E-state index contributed by atoms with van der Waals surface area (Å²) in [5.41, 5.74) is -0.750. The highest BCUT2D eigenvalue weighted by Crippen LogP contribution is 2.37. The molecule has 4 rings (SSSR count). The van der Waals surface area contributed by atoms with Crippen molar-refractivity contribution in [2.75, 3.05) is 0 Å². The van der Waals surface area contributed by atoms with Crippen LogP contribution in [-0.2, 0) is 19.2 Å². The topological polar surface area (TPSA) is 101 Å². The smallest absolute Gasteiger partial charge is 0.439 e. The van der Waals surface area contributed by atoms with Crippen LogP contribution in [0.5, 0.6) is 11.5 Å². The van der Waals surface area contributed by atoms with E-state index in [4.69, 9.17) is 4.74 Å². The summed E-state index contributed by atoms with van der Waals surface area (Å²) in [5.74, 6) is -3.54. The van der Waals surface area contributed by atoms with Gasteiger partial charge < -0.3 is 9.84 Å². The molecule has 0 bridgehead atoms. The number of benzene rings is 2. The van der Waals surface area contributed by atoms with E-state index in [2.05, 4.69) is 19.6 Å². The zero-order chi connectivity index (χ0) is 26.2. The van der Waals surface area contributed by atoms with Crippen molar-refractivity contribution in [3.63, 3.8) is 0 Å². The van der Waals surface area contributed by atoms with E-state index in [1.807, 2.05) is 0 Å². The van der Waals surface area contributed by atoms with Crippen molar-refractivity contribution in [1.29, 1.82) is 0 Å². The second kappa shape index (κ2) is 9.44. The normalized spacial score (nSPS) is 11.6. The number of nitrogens with zero attached hydrogens (tertiary/aromatic N) is 2. The molecule has 2 heterocycles. The fraction of sp³-hybridized carbons (Fsp3) is 0.208. The average molecular weight is 507 g/mol. The zero-order valence-electron chi connectivity index (χ0n) is 18.8. The maximum atomic E-state index is 15.0. The van der Waals surface area contributed by atoms with Gasteiger partial charge in [-0.2, -0.15) is 13.2 Å². The Morgan fingerprint density at radius 3 is 2.53 bits per heavy atom. The van der Waals surface area contributed by atoms with Gasteiger partial charge in [0, 0.05) is 17.7 Å². The number of hydrogen-bond donors (Lipinski definition) is 2. The highest BCUT2D eigenvalue weighted by molar-refractivity contribution is 5.68. The lowest BCUT2D eigenvalue weighted by molar-refractivity contribution is -0.139. The van der Waals surface area contributed by atoms with E-state index in [1.54, 1.807) is 6.92 Å². The van der Waals surface area contributed by atoms with Gasteiger partial charge in [-0.1, -0.05) is 11.2 Å². The lowest BCUT2D eigenvalue weighted by atomic mass is 9.96. The summed E-state index contributed by atoms with van der Waals surface area (Å²) >= 11 is 0. The number of aromatic nitrogens is 3. The Hall–Kier alpha value is -4.22. The van der Waals surface area contributed by atoms with Crippen molar-refractivity contribution < 1.29 is 36.3 Å². The lowest BCUT2D eigenvalue weighted by Crippen LogP contribution is -2.09. The van der Waals surface area contributed by atoms with Gasteiger partial charge in [0.05, 0.1) is 5.56 Å². The summed E-state index contributed by atoms with van der Waals surface area (Å²) in [6.07, 6.45) is -4.88. The van der Waals surface area contributed by atoms with Crippen molar-refractivity contribution >= 4 is 0 Å². The molecule has 0 fully saturated rings. The van der Waals surface area contributed by atoms with Gasteiger partial charge in [0.2, 0.25) is 0 Å². The van der Waals surface area contributed by atoms with Crippen molar-refractivity contribution in [2.24, 2.45) is 0 Å². The second-order valence-electron chi connectivity index (χ2n) is 7.95. The summed E-state index contributed by atoms with van der Waals surface area (Å²) in [7, 11) is 0. The molecule has 188 valence electrons. The number of aromatic hydroxyl groups is 1. The molecule has 2 N–H and O–H groups in total. The van der Waals surface area contributed by atoms with E-state index in [0.29, 0.717) is 17.2 Å². The summed E-state index contributed by atoms with van der Waals surface area (Å²) in [4.78, 5) is 17.5. The Kier molecular flexibility index (Phi) is 6.53. The molecule has 0 aliphatic heterocycles. The minimum atomic E-state index is -4.92. The molecule has 36 heavy (non-hydrogen) atoms. The Labute approximate surface area is 200 Å². The number of ether oxygens (including phenoxy) is 1. The third-order valence-electron chi connectivity index (χ3n) is 5.52. The fourth-order valence-corrected chi connectivity index (χ4v) is 3.71. The van der Waals surface area contributed by atoms with Gasteiger partial charge in [-0.25, -0.2) is 18.6 Å². The molecule has 7 nitrogen and oxygen atoms in total. The van der Waals surface area contributed by atoms with Crippen molar-refractivity contribution in [3.8, 4) is 22.8 Å². The summed E-state index contributed by atoms with van der Waals surface area (Å²) in [5, 5.41) is 13.6. The molecular formula is C24H18F5N3O4. The van der Waals surface area contributed by atoms with Crippen molar-refractivity contribution in [1.82, 2.24) is 15.1 Å². The first-order chi connectivity index (χ1) is 17.0. The van der Waals surface area contributed by atoms with Crippen molar-refractivity contribution in [2.45, 2.75) is 33.1 Å². The molecule has 2 aromatic heterocycles. The molecule has 0 atom stereocenters. The van der Waals surface area contributed by atoms with Crippen LogP contribution in [0, 0.1) is 25.5 Å². The molecule has 0 saturated heterocycles. The maximum absolute atomic E-state index is 15.0. The van der Waals surface area contributed by atoms with E-state index in [1.165, 1.54) is 25.1 Å². The first kappa shape index (κ1) is 24.9. The Morgan fingerprint density at radius 1 is 1.11 bits per heavy atom. The predicted molar refractivity (Wildman–Crippen MR) is 116 cm³/mol. The van der Waals surface area contributed by atoms with Gasteiger partial charge in [0.25, 0.3) is 0 Å². The number of aromatic amines is 1. The van der Waals surface area contributed by atoms with Gasteiger partial charge in [0.15, 0.2) is 17.4 Å². The quantitative estimate of drug-likeness (QED) is 0.348. The minimum absolute atomic E-state index is 0.0410. The largest absolute Gasteiger partial charge is 0.506 e. The SMILES string of the molecule is Cc1cc(OCc2noc(=O)[nH]2)c(F)c(C)c1Cc1ccc(O)c(-c2cccc(C(F)(F)F)c2F)n1. The molecule has 0 aliphatic rings. The molecule has 0 spiro atoms. The average Bonchev–Trinajstić information content (AvgIpc) is 3.24. The first-order valence-electron chi connectivity index (χ1n) is 10.5. The van der Waals surface area contributed by atoms with Crippen LogP contribution in [0.1, 0.15) is 33.8 Å². The van der Waals surface area contributed by atoms with Crippen LogP contribution in [0.2, 0.25) is 0 Å². The molecule has 12 heteroatoms. The number of alkyl halides is 3. The number of rotatable bonds is 6. The molecule has 0 saturated carbocycles. The summed E-state index contributed by atoms with van der Waals surface area (Å²) in [6, 6.07) is 6.73. The third-order valence-corrected chi connectivity index (χ3v) is 5.52. The number of pyridine rings is 1. The van der Waals surface area contributed by atoms with Gasteiger partial charge in [0.1, 0.15) is 23.9 Å². The molecule has 4 aromatic rings. The van der Waals surface area contributed by atoms with E-state index in [9.17, 15) is 27.5 Å². The van der Waals surface area contributed by atoms with Gasteiger partial charge in [-0.3, -0.25) is 9.51 Å². The Balaban J connectivity index is 1.65. The van der Waals surface area contributed by atoms with E-state index >= 15 is 4.39 Å². The van der Waals surface area contributed by atoms with E-state index in [-0.39, 0.29) is 41.6 Å². The summed E-state index contributed by atoms with van der Waals surface area (Å²) < 4.78 is 78.8. The number of halogens is 5. The van der Waals surface area contributed by atoms with E-state index in [0.717, 1.165) is 12.1 Å². The van der Waals surface area contributed by atoms with Crippen LogP contribution in [0.3, 0.4) is 0 Å². The van der Waals surface area contributed by atoms with E-state index < -0.39 is 40.4 Å². The van der Waals surface area contributed by atoms with Gasteiger partial charge in [-0.05, 0) is 60.9 Å². The third kappa shape index (κ3) is 4.92. The standard InChI is InChI=1S/C24H18F5N3O4/c1-11-8-18(35-10-19-31-23(34)36-32-19)20(25)12(2)15(11)9-13-6-7-17(33)22(30-13)14-4-3-5-16(21(14)26)24(27,28)29/h3-8,33H,9-10H2,1-2H3,(H,31,32,34). The maximum Gasteiger partial charge on any atom is 0.439 e. The highest BCUT2D eigenvalue weighted by Gasteiger charge is 2.35. The molecule has 0 amide bonds. The molecule has 0 radical (unpaired) electrons. The van der Waals surface area contributed by atoms with Crippen LogP contribution in [0.25, 0.3) is 11.3 Å². The van der Waals surface area contributed by atoms with Crippen LogP contribution >= 0.6 is 0 Å². The van der Waals surface area contributed by atoms with Crippen LogP contribution < -0.4 is 10.5 Å². The van der Waals surface area contributed by atoms with Gasteiger partial charge >= 0.3 is 11.9 Å². The fourth-order valence-electron chi connectivity index (χ4n) is 3.71. The minimum Gasteiger partial charge on any atom is -0.506 e. The number of aryl methyl sites for hydroxylation is 1. The second-order valence-corrected chi connectivity index (χ2v) is 7.95. The van der Waals surface area contributed by atoms with Crippen LogP contribution in [-0.4, -0.2) is 20.2 Å². The monoisotopic (exact) mass is 507 g/mol. The molecule has 0 aliphatic carbocycles. The molecule has 2 aromatic carbocycles. The molecular weight excluding hydrogens is 489 g/mol. The van der Waals surface area contributed by atoms with Crippen LogP contribution in [0.4, 0.5) is 22.0 Å². The zero-order valence-corrected chi connectivity index (χ0v) is 18.8. The summed E-state index contributed by atoms with van der Waals surface area (Å²) in [6.45, 7) is 2.96. The van der Waals surface area contributed by atoms with Crippen LogP contribution in [0.15, 0.2) is 45.7 Å². The predicted octanol–water partition coefficient (Wildman–Crippen LogP) is 5.21. The molecule has 0 unspecified atom stereocenters.